The number of hydrogen-bond acceptors (Lipinski definition) is 11. The molecule has 37 heavy (non-hydrogen) atoms. The summed E-state index contributed by atoms with van der Waals surface area (Å²) >= 11 is 0. The minimum atomic E-state index is -1.14. The van der Waals surface area contributed by atoms with Crippen molar-refractivity contribution in [1.29, 1.82) is 0 Å². The molecule has 0 spiro atoms. The summed E-state index contributed by atoms with van der Waals surface area (Å²) in [6, 6.07) is 3.52. The first-order chi connectivity index (χ1) is 17.7. The average Bonchev–Trinajstić information content (AvgIpc) is 3.22. The third kappa shape index (κ3) is 5.10. The molecule has 0 aliphatic carbocycles. The van der Waals surface area contributed by atoms with Crippen molar-refractivity contribution in [2.45, 2.75) is 31.8 Å². The Hall–Kier alpha value is -3.30. The Kier molecular flexibility index (Phi) is 7.94. The molecular weight excluding hydrogens is 501 g/mol. The van der Waals surface area contributed by atoms with Crippen LogP contribution in [0.25, 0.3) is 0 Å². The lowest BCUT2D eigenvalue weighted by molar-refractivity contribution is -0.336. The first kappa shape index (κ1) is 26.8. The van der Waals surface area contributed by atoms with Crippen LogP contribution in [0.2, 0.25) is 0 Å². The number of benzene rings is 2. The maximum Gasteiger partial charge on any atom is 0.327 e. The molecule has 1 N–H and O–H groups in total. The largest absolute Gasteiger partial charge is 0.496 e. The quantitative estimate of drug-likeness (QED) is 0.512. The van der Waals surface area contributed by atoms with Crippen molar-refractivity contribution in [3.8, 4) is 17.2 Å². The number of anilines is 1. The van der Waals surface area contributed by atoms with Crippen LogP contribution < -0.4 is 24.9 Å². The van der Waals surface area contributed by atoms with E-state index in [-0.39, 0.29) is 35.1 Å². The SMILES string of the molecule is CCOC(=O)C1NN(C)C2C1ON(c1cc(OCc3c(OC)ccc(F)c3F)c(OC)cc1F)ON2C. The molecule has 0 aromatic heterocycles. The molecular formula is C23H27F3N4O7. The smallest absolute Gasteiger partial charge is 0.327 e. The Balaban J connectivity index is 1.62. The number of hydroxylamine groups is 2. The first-order valence-corrected chi connectivity index (χ1v) is 11.2. The number of hydrazine groups is 1. The van der Waals surface area contributed by atoms with Crippen molar-refractivity contribution >= 4 is 11.7 Å². The summed E-state index contributed by atoms with van der Waals surface area (Å²) in [7, 11) is 5.87. The van der Waals surface area contributed by atoms with Gasteiger partial charge in [-0.05, 0) is 19.1 Å². The molecule has 2 aromatic carbocycles. The van der Waals surface area contributed by atoms with Crippen molar-refractivity contribution < 1.29 is 46.7 Å². The van der Waals surface area contributed by atoms with E-state index in [1.54, 1.807) is 26.0 Å². The van der Waals surface area contributed by atoms with Crippen LogP contribution in [0.4, 0.5) is 18.9 Å². The van der Waals surface area contributed by atoms with Gasteiger partial charge in [0.15, 0.2) is 35.0 Å². The molecule has 3 atom stereocenters. The molecule has 0 radical (unpaired) electrons. The number of carbonyl (C=O) groups is 1. The molecule has 0 amide bonds. The van der Waals surface area contributed by atoms with Gasteiger partial charge in [0.25, 0.3) is 0 Å². The lowest BCUT2D eigenvalue weighted by atomic mass is 10.1. The van der Waals surface area contributed by atoms with Gasteiger partial charge in [0.1, 0.15) is 30.3 Å². The second-order valence-corrected chi connectivity index (χ2v) is 8.12. The van der Waals surface area contributed by atoms with Crippen molar-refractivity contribution in [3.63, 3.8) is 0 Å². The lowest BCUT2D eigenvalue weighted by Gasteiger charge is -2.41. The van der Waals surface area contributed by atoms with E-state index < -0.39 is 48.3 Å². The molecule has 4 rings (SSSR count). The first-order valence-electron chi connectivity index (χ1n) is 11.2. The number of ether oxygens (including phenoxy) is 4. The molecule has 202 valence electrons. The number of nitrogens with one attached hydrogen (secondary N) is 1. The van der Waals surface area contributed by atoms with Gasteiger partial charge in [0.2, 0.25) is 0 Å². The van der Waals surface area contributed by atoms with Crippen LogP contribution in [-0.2, 0) is 25.9 Å². The number of fused-ring (bicyclic) bond motifs is 1. The van der Waals surface area contributed by atoms with Gasteiger partial charge in [-0.25, -0.2) is 28.4 Å². The number of halogens is 3. The Bertz CT molecular complexity index is 1160. The van der Waals surface area contributed by atoms with Crippen LogP contribution in [0.1, 0.15) is 12.5 Å². The fourth-order valence-corrected chi connectivity index (χ4v) is 4.13. The Morgan fingerprint density at radius 3 is 2.46 bits per heavy atom. The van der Waals surface area contributed by atoms with Crippen LogP contribution in [0.15, 0.2) is 24.3 Å². The number of likely N-dealkylation sites (N-methyl/N-ethyl adjacent to an activating group) is 2. The maximum atomic E-state index is 15.1. The van der Waals surface area contributed by atoms with Crippen molar-refractivity contribution in [2.75, 3.05) is 40.1 Å². The summed E-state index contributed by atoms with van der Waals surface area (Å²) in [5.41, 5.74) is 2.54. The van der Waals surface area contributed by atoms with Gasteiger partial charge in [-0.3, -0.25) is 4.79 Å². The van der Waals surface area contributed by atoms with Crippen molar-refractivity contribution in [3.05, 3.63) is 47.3 Å². The molecule has 2 saturated heterocycles. The van der Waals surface area contributed by atoms with Crippen LogP contribution in [0, 0.1) is 17.5 Å². The highest BCUT2D eigenvalue weighted by Gasteiger charge is 2.52. The van der Waals surface area contributed by atoms with E-state index in [0.29, 0.717) is 0 Å². The lowest BCUT2D eigenvalue weighted by Crippen LogP contribution is -2.58. The van der Waals surface area contributed by atoms with Gasteiger partial charge >= 0.3 is 5.97 Å². The summed E-state index contributed by atoms with van der Waals surface area (Å²) in [4.78, 5) is 24.0. The third-order valence-electron chi connectivity index (χ3n) is 5.87. The average molecular weight is 528 g/mol. The Labute approximate surface area is 210 Å². The third-order valence-corrected chi connectivity index (χ3v) is 5.87. The monoisotopic (exact) mass is 528 g/mol. The van der Waals surface area contributed by atoms with Crippen LogP contribution >= 0.6 is 0 Å². The van der Waals surface area contributed by atoms with E-state index in [0.717, 1.165) is 17.4 Å². The zero-order valence-corrected chi connectivity index (χ0v) is 20.8. The van der Waals surface area contributed by atoms with Crippen molar-refractivity contribution in [2.24, 2.45) is 0 Å². The number of carbonyl (C=O) groups excluding carboxylic acids is 1. The zero-order chi connectivity index (χ0) is 26.9. The fraction of sp³-hybridized carbons (Fsp3) is 0.435. The number of nitrogens with zero attached hydrogens (tertiary/aromatic N) is 3. The molecule has 3 unspecified atom stereocenters. The van der Waals surface area contributed by atoms with Gasteiger partial charge in [-0.1, -0.05) is 0 Å². The molecule has 2 fully saturated rings. The number of esters is 1. The highest BCUT2D eigenvalue weighted by Crippen LogP contribution is 2.38. The molecule has 2 heterocycles. The molecule has 0 bridgehead atoms. The summed E-state index contributed by atoms with van der Waals surface area (Å²) < 4.78 is 64.4. The summed E-state index contributed by atoms with van der Waals surface area (Å²) in [5, 5.41) is 3.78. The molecule has 11 nitrogen and oxygen atoms in total. The highest BCUT2D eigenvalue weighted by molar-refractivity contribution is 5.77. The summed E-state index contributed by atoms with van der Waals surface area (Å²) in [6.45, 7) is 1.38. The second kappa shape index (κ2) is 11.0. The summed E-state index contributed by atoms with van der Waals surface area (Å²) in [5.74, 6) is -3.56. The van der Waals surface area contributed by atoms with E-state index in [1.165, 1.54) is 31.4 Å². The topological polar surface area (TPSA) is 94.2 Å². The van der Waals surface area contributed by atoms with E-state index in [4.69, 9.17) is 28.7 Å². The molecule has 2 aliphatic heterocycles. The number of rotatable bonds is 8. The van der Waals surface area contributed by atoms with Crippen molar-refractivity contribution in [1.82, 2.24) is 15.5 Å². The van der Waals surface area contributed by atoms with E-state index in [2.05, 4.69) is 5.43 Å². The number of methoxy groups -OCH3 is 2. The standard InChI is InChI=1S/C23H27F3N4O7/c1-6-34-23(31)20-21-22(28(2)27-20)29(3)37-30(36-21)15-10-18(17(33-5)9-14(15)25)35-11-12-16(32-4)8-7-13(24)19(12)26/h7-10,20-22,27H,6,11H2,1-5H3. The number of hydrogen-bond donors (Lipinski definition) is 1. The highest BCUT2D eigenvalue weighted by atomic mass is 19.2. The molecule has 2 aliphatic rings. The fourth-order valence-electron chi connectivity index (χ4n) is 4.13. The zero-order valence-electron chi connectivity index (χ0n) is 20.8. The minimum Gasteiger partial charge on any atom is -0.496 e. The van der Waals surface area contributed by atoms with E-state index >= 15 is 4.39 Å². The normalized spacial score (nSPS) is 22.1. The van der Waals surface area contributed by atoms with Gasteiger partial charge in [-0.2, -0.15) is 4.94 Å². The van der Waals surface area contributed by atoms with E-state index in [9.17, 15) is 13.6 Å². The van der Waals surface area contributed by atoms with Gasteiger partial charge in [0, 0.05) is 26.2 Å². The van der Waals surface area contributed by atoms with Gasteiger partial charge < -0.3 is 18.9 Å². The molecule has 14 heteroatoms. The second-order valence-electron chi connectivity index (χ2n) is 8.12. The minimum absolute atomic E-state index is 0.0214. The van der Waals surface area contributed by atoms with Crippen LogP contribution in [-0.4, -0.2) is 69.3 Å². The van der Waals surface area contributed by atoms with Gasteiger partial charge in [0.05, 0.1) is 26.4 Å². The molecule has 0 saturated carbocycles. The van der Waals surface area contributed by atoms with Crippen LogP contribution in [0.3, 0.4) is 0 Å². The predicted octanol–water partition coefficient (Wildman–Crippen LogP) is 2.31. The molecule has 2 aromatic rings. The predicted molar refractivity (Wildman–Crippen MR) is 122 cm³/mol. The van der Waals surface area contributed by atoms with Crippen LogP contribution in [0.5, 0.6) is 17.2 Å². The Morgan fingerprint density at radius 1 is 1.05 bits per heavy atom. The van der Waals surface area contributed by atoms with E-state index in [1.807, 2.05) is 0 Å². The maximum absolute atomic E-state index is 15.1. The Morgan fingerprint density at radius 2 is 1.78 bits per heavy atom. The summed E-state index contributed by atoms with van der Waals surface area (Å²) in [6.07, 6.45) is -1.40. The van der Waals surface area contributed by atoms with Gasteiger partial charge in [-0.15, -0.1) is 10.3 Å².